The lowest BCUT2D eigenvalue weighted by molar-refractivity contribution is -0.120. The summed E-state index contributed by atoms with van der Waals surface area (Å²) in [6.45, 7) is 1.39. The Morgan fingerprint density at radius 1 is 1.19 bits per heavy atom. The SMILES string of the molecule is COc1ccc([C@@H](C)NC(=O)CN(c2cc(Cl)ccc2Cl)S(C)(=O)=O)cc1. The summed E-state index contributed by atoms with van der Waals surface area (Å²) in [6.07, 6.45) is 1.00. The number of carbonyl (C=O) groups excluding carboxylic acids is 1. The van der Waals surface area contributed by atoms with E-state index in [9.17, 15) is 13.2 Å². The van der Waals surface area contributed by atoms with E-state index in [0.717, 1.165) is 16.1 Å². The van der Waals surface area contributed by atoms with Crippen molar-refractivity contribution in [2.24, 2.45) is 0 Å². The zero-order valence-electron chi connectivity index (χ0n) is 15.1. The Kier molecular flexibility index (Phi) is 6.97. The van der Waals surface area contributed by atoms with Crippen LogP contribution in [0.3, 0.4) is 0 Å². The van der Waals surface area contributed by atoms with E-state index in [2.05, 4.69) is 5.32 Å². The molecular formula is C18H20Cl2N2O4S. The third-order valence-electron chi connectivity index (χ3n) is 3.86. The summed E-state index contributed by atoms with van der Waals surface area (Å²) in [5.41, 5.74) is 1.01. The van der Waals surface area contributed by atoms with Crippen LogP contribution in [0.4, 0.5) is 5.69 Å². The second-order valence-electron chi connectivity index (χ2n) is 5.93. The lowest BCUT2D eigenvalue weighted by Crippen LogP contribution is -2.41. The first-order valence-electron chi connectivity index (χ1n) is 7.98. The molecule has 0 bridgehead atoms. The molecular weight excluding hydrogens is 411 g/mol. The van der Waals surface area contributed by atoms with E-state index < -0.39 is 22.5 Å². The number of sulfonamides is 1. The van der Waals surface area contributed by atoms with Crippen LogP contribution in [0, 0.1) is 0 Å². The van der Waals surface area contributed by atoms with Crippen molar-refractivity contribution in [3.05, 3.63) is 58.1 Å². The second-order valence-corrected chi connectivity index (χ2v) is 8.68. The van der Waals surface area contributed by atoms with Gasteiger partial charge in [0.05, 0.1) is 30.1 Å². The minimum Gasteiger partial charge on any atom is -0.497 e. The van der Waals surface area contributed by atoms with Gasteiger partial charge >= 0.3 is 0 Å². The van der Waals surface area contributed by atoms with Gasteiger partial charge < -0.3 is 10.1 Å². The highest BCUT2D eigenvalue weighted by molar-refractivity contribution is 7.92. The average molecular weight is 431 g/mol. The highest BCUT2D eigenvalue weighted by Gasteiger charge is 2.24. The average Bonchev–Trinajstić information content (AvgIpc) is 2.61. The molecule has 2 aromatic rings. The van der Waals surface area contributed by atoms with Gasteiger partial charge in [0.2, 0.25) is 15.9 Å². The molecule has 0 aliphatic heterocycles. The number of rotatable bonds is 7. The Hall–Kier alpha value is -1.96. The number of ether oxygens (including phenoxy) is 1. The monoisotopic (exact) mass is 430 g/mol. The first-order chi connectivity index (χ1) is 12.6. The van der Waals surface area contributed by atoms with Gasteiger partial charge in [-0.1, -0.05) is 35.3 Å². The van der Waals surface area contributed by atoms with Crippen molar-refractivity contribution in [1.82, 2.24) is 5.32 Å². The number of benzene rings is 2. The lowest BCUT2D eigenvalue weighted by Gasteiger charge is -2.24. The highest BCUT2D eigenvalue weighted by atomic mass is 35.5. The summed E-state index contributed by atoms with van der Waals surface area (Å²) in [4.78, 5) is 12.5. The summed E-state index contributed by atoms with van der Waals surface area (Å²) < 4.78 is 30.4. The molecule has 9 heteroatoms. The smallest absolute Gasteiger partial charge is 0.241 e. The van der Waals surface area contributed by atoms with E-state index >= 15 is 0 Å². The van der Waals surface area contributed by atoms with Crippen LogP contribution < -0.4 is 14.4 Å². The predicted octanol–water partition coefficient (Wildman–Crippen LogP) is 3.65. The molecule has 0 aromatic heterocycles. The Morgan fingerprint density at radius 3 is 2.37 bits per heavy atom. The molecule has 2 rings (SSSR count). The zero-order chi connectivity index (χ0) is 20.2. The van der Waals surface area contributed by atoms with Crippen molar-refractivity contribution >= 4 is 44.8 Å². The third-order valence-corrected chi connectivity index (χ3v) is 5.54. The number of nitrogens with one attached hydrogen (secondary N) is 1. The molecule has 0 saturated heterocycles. The summed E-state index contributed by atoms with van der Waals surface area (Å²) in [6, 6.07) is 11.3. The van der Waals surface area contributed by atoms with Gasteiger partial charge in [0.25, 0.3) is 0 Å². The minimum absolute atomic E-state index is 0.152. The maximum absolute atomic E-state index is 12.5. The zero-order valence-corrected chi connectivity index (χ0v) is 17.4. The normalized spacial score (nSPS) is 12.3. The van der Waals surface area contributed by atoms with Crippen LogP contribution in [0.2, 0.25) is 10.0 Å². The van der Waals surface area contributed by atoms with Gasteiger partial charge in [0.15, 0.2) is 0 Å². The van der Waals surface area contributed by atoms with E-state index in [0.29, 0.717) is 10.8 Å². The third kappa shape index (κ3) is 5.76. The molecule has 0 aliphatic rings. The van der Waals surface area contributed by atoms with Crippen molar-refractivity contribution < 1.29 is 17.9 Å². The van der Waals surface area contributed by atoms with Crippen molar-refractivity contribution in [3.63, 3.8) is 0 Å². The molecule has 0 heterocycles. The topological polar surface area (TPSA) is 75.7 Å². The molecule has 0 radical (unpaired) electrons. The maximum Gasteiger partial charge on any atom is 0.241 e. The van der Waals surface area contributed by atoms with Crippen molar-refractivity contribution in [2.75, 3.05) is 24.2 Å². The van der Waals surface area contributed by atoms with Gasteiger partial charge in [-0.25, -0.2) is 8.42 Å². The van der Waals surface area contributed by atoms with E-state index in [1.165, 1.54) is 12.1 Å². The molecule has 0 unspecified atom stereocenters. The van der Waals surface area contributed by atoms with Gasteiger partial charge in [0, 0.05) is 5.02 Å². The second kappa shape index (κ2) is 8.82. The molecule has 1 atom stereocenters. The van der Waals surface area contributed by atoms with E-state index in [1.54, 1.807) is 32.2 Å². The largest absolute Gasteiger partial charge is 0.497 e. The van der Waals surface area contributed by atoms with Crippen LogP contribution in [0.5, 0.6) is 5.75 Å². The lowest BCUT2D eigenvalue weighted by atomic mass is 10.1. The first kappa shape index (κ1) is 21.3. The summed E-state index contributed by atoms with van der Waals surface area (Å²) >= 11 is 12.0. The number of anilines is 1. The molecule has 1 amide bonds. The van der Waals surface area contributed by atoms with Crippen molar-refractivity contribution in [2.45, 2.75) is 13.0 Å². The number of methoxy groups -OCH3 is 1. The van der Waals surface area contributed by atoms with Crippen molar-refractivity contribution in [1.29, 1.82) is 0 Å². The van der Waals surface area contributed by atoms with E-state index in [-0.39, 0.29) is 16.8 Å². The van der Waals surface area contributed by atoms with Crippen LogP contribution in [-0.4, -0.2) is 34.2 Å². The number of hydrogen-bond donors (Lipinski definition) is 1. The van der Waals surface area contributed by atoms with Crippen LogP contribution in [0.15, 0.2) is 42.5 Å². The molecule has 0 fully saturated rings. The Morgan fingerprint density at radius 2 is 1.81 bits per heavy atom. The first-order valence-corrected chi connectivity index (χ1v) is 10.6. The fraction of sp³-hybridized carbons (Fsp3) is 0.278. The van der Waals surface area contributed by atoms with Crippen LogP contribution in [0.25, 0.3) is 0 Å². The quantitative estimate of drug-likeness (QED) is 0.726. The summed E-state index contributed by atoms with van der Waals surface area (Å²) in [5.74, 6) is 0.232. The molecule has 27 heavy (non-hydrogen) atoms. The van der Waals surface area contributed by atoms with Crippen LogP contribution in [-0.2, 0) is 14.8 Å². The number of nitrogens with zero attached hydrogens (tertiary/aromatic N) is 1. The molecule has 0 aliphatic carbocycles. The van der Waals surface area contributed by atoms with Gasteiger partial charge in [-0.05, 0) is 42.8 Å². The van der Waals surface area contributed by atoms with Gasteiger partial charge in [-0.15, -0.1) is 0 Å². The molecule has 0 spiro atoms. The Labute approximate surface area is 169 Å². The maximum atomic E-state index is 12.5. The number of hydrogen-bond acceptors (Lipinski definition) is 4. The highest BCUT2D eigenvalue weighted by Crippen LogP contribution is 2.30. The number of halogens is 2. The molecule has 1 N–H and O–H groups in total. The van der Waals surface area contributed by atoms with Crippen LogP contribution >= 0.6 is 23.2 Å². The molecule has 6 nitrogen and oxygen atoms in total. The van der Waals surface area contributed by atoms with Gasteiger partial charge in [-0.2, -0.15) is 0 Å². The molecule has 146 valence electrons. The molecule has 2 aromatic carbocycles. The number of carbonyl (C=O) groups is 1. The van der Waals surface area contributed by atoms with Crippen molar-refractivity contribution in [3.8, 4) is 5.75 Å². The number of amides is 1. The fourth-order valence-corrected chi connectivity index (χ4v) is 3.75. The minimum atomic E-state index is -3.75. The van der Waals surface area contributed by atoms with Crippen LogP contribution in [0.1, 0.15) is 18.5 Å². The Bertz CT molecular complexity index is 917. The predicted molar refractivity (Wildman–Crippen MR) is 108 cm³/mol. The molecule has 0 saturated carbocycles. The fourth-order valence-electron chi connectivity index (χ4n) is 2.45. The van der Waals surface area contributed by atoms with Gasteiger partial charge in [0.1, 0.15) is 12.3 Å². The summed E-state index contributed by atoms with van der Waals surface area (Å²) in [7, 11) is -2.18. The van der Waals surface area contributed by atoms with Gasteiger partial charge in [-0.3, -0.25) is 9.10 Å². The summed E-state index contributed by atoms with van der Waals surface area (Å²) in [5, 5.41) is 3.27. The standard InChI is InChI=1S/C18H20Cl2N2O4S/c1-12(13-4-7-15(26-2)8-5-13)21-18(23)11-22(27(3,24)25)17-10-14(19)6-9-16(17)20/h4-10,12H,11H2,1-3H3,(H,21,23)/t12-/m1/s1. The van der Waals surface area contributed by atoms with E-state index in [4.69, 9.17) is 27.9 Å². The van der Waals surface area contributed by atoms with E-state index in [1.807, 2.05) is 12.1 Å². The Balaban J connectivity index is 2.17.